The van der Waals surface area contributed by atoms with Crippen LogP contribution in [0.5, 0.6) is 0 Å². The van der Waals surface area contributed by atoms with Crippen LogP contribution in [0.4, 0.5) is 0 Å². The molecule has 0 unspecified atom stereocenters. The lowest BCUT2D eigenvalue weighted by atomic mass is 10.2. The molecule has 0 aromatic heterocycles. The molecule has 0 N–H and O–H groups in total. The predicted molar refractivity (Wildman–Crippen MR) is 67.0 cm³/mol. The van der Waals surface area contributed by atoms with Gasteiger partial charge in [0, 0.05) is 9.49 Å². The normalized spacial score (nSPS) is 11.5. The number of thioether (sulfide) groups is 1. The Morgan fingerprint density at radius 1 is 0.636 bits per heavy atom. The predicted octanol–water partition coefficient (Wildman–Crippen LogP) is 0.949. The highest BCUT2D eigenvalue weighted by atomic mass is 32.2. The van der Waals surface area contributed by atoms with Gasteiger partial charge in [-0.25, -0.2) is 0 Å². The molecule has 11 heavy (non-hydrogen) atoms. The Hall–Kier alpha value is 0.480. The van der Waals surface area contributed by atoms with E-state index in [0.29, 0.717) is 9.49 Å². The third kappa shape index (κ3) is 17.9. The van der Waals surface area contributed by atoms with Crippen LogP contribution >= 0.6 is 11.8 Å². The Labute approximate surface area is 80.1 Å². The number of hydrogen-bond acceptors (Lipinski definition) is 1. The van der Waals surface area contributed by atoms with E-state index in [1.54, 1.807) is 0 Å². The molecule has 0 aliphatic heterocycles. The van der Waals surface area contributed by atoms with Gasteiger partial charge in [-0.2, -0.15) is 11.8 Å². The topological polar surface area (TPSA) is 0 Å². The van der Waals surface area contributed by atoms with Crippen molar-refractivity contribution in [2.45, 2.75) is 51.0 Å². The SMILES string of the molecule is B.B.CC(C)(C)SC(C)(C)C. The van der Waals surface area contributed by atoms with Crippen LogP contribution in [0.1, 0.15) is 41.5 Å². The zero-order valence-electron chi connectivity index (χ0n) is 7.41. The Morgan fingerprint density at radius 3 is 0.818 bits per heavy atom. The van der Waals surface area contributed by atoms with Crippen molar-refractivity contribution in [3.05, 3.63) is 0 Å². The Kier molecular flexibility index (Phi) is 8.26. The molecule has 0 aliphatic carbocycles. The van der Waals surface area contributed by atoms with Crippen molar-refractivity contribution in [2.75, 3.05) is 0 Å². The summed E-state index contributed by atoms with van der Waals surface area (Å²) in [4.78, 5) is 0. The zero-order valence-corrected chi connectivity index (χ0v) is 8.22. The summed E-state index contributed by atoms with van der Waals surface area (Å²) in [5.74, 6) is 0. The highest BCUT2D eigenvalue weighted by Crippen LogP contribution is 2.35. The molecule has 0 fully saturated rings. The highest BCUT2D eigenvalue weighted by molar-refractivity contribution is 8.01. The van der Waals surface area contributed by atoms with Crippen LogP contribution < -0.4 is 0 Å². The van der Waals surface area contributed by atoms with Gasteiger partial charge < -0.3 is 0 Å². The molecule has 0 atom stereocenters. The van der Waals surface area contributed by atoms with Crippen molar-refractivity contribution in [2.24, 2.45) is 0 Å². The fourth-order valence-electron chi connectivity index (χ4n) is 0.919. The zero-order chi connectivity index (χ0) is 7.71. The largest absolute Gasteiger partial charge is 0.150 e. The van der Waals surface area contributed by atoms with E-state index >= 15 is 0 Å². The highest BCUT2D eigenvalue weighted by Gasteiger charge is 2.20. The average Bonchev–Trinajstić information content (AvgIpc) is 1.14. The summed E-state index contributed by atoms with van der Waals surface area (Å²) >= 11 is 2.01. The molecule has 68 valence electrons. The van der Waals surface area contributed by atoms with Gasteiger partial charge in [-0.3, -0.25) is 0 Å². The molecule has 0 aliphatic rings. The Morgan fingerprint density at radius 2 is 0.818 bits per heavy atom. The summed E-state index contributed by atoms with van der Waals surface area (Å²) in [7, 11) is 0. The van der Waals surface area contributed by atoms with E-state index in [2.05, 4.69) is 41.5 Å². The van der Waals surface area contributed by atoms with Gasteiger partial charge in [0.25, 0.3) is 0 Å². The molecule has 0 saturated heterocycles. The first-order chi connectivity index (χ1) is 3.71. The first-order valence-electron chi connectivity index (χ1n) is 3.41. The van der Waals surface area contributed by atoms with Gasteiger partial charge in [0.1, 0.15) is 0 Å². The van der Waals surface area contributed by atoms with Crippen LogP contribution in [0.2, 0.25) is 0 Å². The third-order valence-electron chi connectivity index (χ3n) is 0.612. The first-order valence-corrected chi connectivity index (χ1v) is 4.22. The molecule has 0 radical (unpaired) electrons. The Balaban J connectivity index is -0.000000320. The monoisotopic (exact) mass is 174 g/mol. The van der Waals surface area contributed by atoms with Crippen LogP contribution in [0.3, 0.4) is 0 Å². The van der Waals surface area contributed by atoms with Gasteiger partial charge in [-0.15, -0.1) is 0 Å². The van der Waals surface area contributed by atoms with E-state index in [0.717, 1.165) is 0 Å². The second kappa shape index (κ2) is 5.18. The van der Waals surface area contributed by atoms with Crippen LogP contribution in [0, 0.1) is 0 Å². The van der Waals surface area contributed by atoms with E-state index in [1.807, 2.05) is 11.8 Å². The van der Waals surface area contributed by atoms with Crippen LogP contribution in [-0.2, 0) is 0 Å². The van der Waals surface area contributed by atoms with Crippen molar-refractivity contribution in [1.29, 1.82) is 0 Å². The maximum atomic E-state index is 2.25. The molecule has 0 nitrogen and oxygen atoms in total. The average molecular weight is 174 g/mol. The van der Waals surface area contributed by atoms with Crippen molar-refractivity contribution >= 4 is 28.6 Å². The fraction of sp³-hybridized carbons (Fsp3) is 1.00. The summed E-state index contributed by atoms with van der Waals surface area (Å²) < 4.78 is 0.802. The minimum Gasteiger partial charge on any atom is -0.150 e. The van der Waals surface area contributed by atoms with Crippen LogP contribution in [0.25, 0.3) is 0 Å². The van der Waals surface area contributed by atoms with Crippen molar-refractivity contribution in [1.82, 2.24) is 0 Å². The quantitative estimate of drug-likeness (QED) is 0.492. The Bertz CT molecular complexity index is 77.2. The van der Waals surface area contributed by atoms with E-state index in [1.165, 1.54) is 0 Å². The molecular weight excluding hydrogens is 150 g/mol. The summed E-state index contributed by atoms with van der Waals surface area (Å²) in [6, 6.07) is 0. The van der Waals surface area contributed by atoms with E-state index in [4.69, 9.17) is 0 Å². The number of rotatable bonds is 0. The first kappa shape index (κ1) is 17.5. The summed E-state index contributed by atoms with van der Waals surface area (Å²) in [6.07, 6.45) is 0. The van der Waals surface area contributed by atoms with E-state index in [9.17, 15) is 0 Å². The van der Waals surface area contributed by atoms with Gasteiger partial charge in [0.05, 0.1) is 16.8 Å². The van der Waals surface area contributed by atoms with Gasteiger partial charge in [-0.1, -0.05) is 41.5 Å². The summed E-state index contributed by atoms with van der Waals surface area (Å²) in [5.41, 5.74) is 0. The maximum absolute atomic E-state index is 2.25. The number of hydrogen-bond donors (Lipinski definition) is 0. The lowest BCUT2D eigenvalue weighted by molar-refractivity contribution is 0.740. The van der Waals surface area contributed by atoms with Gasteiger partial charge in [0.15, 0.2) is 0 Å². The molecule has 0 rings (SSSR count). The van der Waals surface area contributed by atoms with Gasteiger partial charge in [0.2, 0.25) is 0 Å². The maximum Gasteiger partial charge on any atom is 0.0814 e. The molecule has 0 aromatic carbocycles. The van der Waals surface area contributed by atoms with Gasteiger partial charge in [-0.05, 0) is 0 Å². The standard InChI is InChI=1S/C8H18S.2BH3/c1-7(2,3)9-8(4,5)6;;/h1-6H3;2*1H3. The van der Waals surface area contributed by atoms with Crippen LogP contribution in [-0.4, -0.2) is 26.3 Å². The lowest BCUT2D eigenvalue weighted by Crippen LogP contribution is -2.19. The van der Waals surface area contributed by atoms with Crippen molar-refractivity contribution in [3.63, 3.8) is 0 Å². The van der Waals surface area contributed by atoms with Crippen molar-refractivity contribution in [3.8, 4) is 0 Å². The minimum atomic E-state index is 0. The van der Waals surface area contributed by atoms with E-state index < -0.39 is 0 Å². The second-order valence-corrected chi connectivity index (χ2v) is 6.98. The minimum absolute atomic E-state index is 0. The second-order valence-electron chi connectivity index (χ2n) is 4.33. The lowest BCUT2D eigenvalue weighted by Gasteiger charge is -2.28. The molecule has 0 saturated carbocycles. The van der Waals surface area contributed by atoms with Crippen LogP contribution in [0.15, 0.2) is 0 Å². The summed E-state index contributed by atoms with van der Waals surface area (Å²) in [6.45, 7) is 13.5. The molecule has 3 heteroatoms. The molecule has 0 aromatic rings. The molecule has 0 spiro atoms. The third-order valence-corrected chi connectivity index (χ3v) is 1.84. The fourth-order valence-corrected chi connectivity index (χ4v) is 2.76. The molecule has 0 heterocycles. The molecule has 0 bridgehead atoms. The van der Waals surface area contributed by atoms with E-state index in [-0.39, 0.29) is 16.8 Å². The van der Waals surface area contributed by atoms with Gasteiger partial charge >= 0.3 is 0 Å². The molecule has 0 amide bonds. The smallest absolute Gasteiger partial charge is 0.0814 e. The molecular formula is C8H24B2S. The summed E-state index contributed by atoms with van der Waals surface area (Å²) in [5, 5.41) is 0. The van der Waals surface area contributed by atoms with Crippen molar-refractivity contribution < 1.29 is 0 Å².